The van der Waals surface area contributed by atoms with Gasteiger partial charge in [0.15, 0.2) is 11.5 Å². The lowest BCUT2D eigenvalue weighted by molar-refractivity contribution is 0.0787. The lowest BCUT2D eigenvalue weighted by atomic mass is 10.2. The summed E-state index contributed by atoms with van der Waals surface area (Å²) in [6, 6.07) is 9.18. The summed E-state index contributed by atoms with van der Waals surface area (Å²) >= 11 is 0. The number of ether oxygens (including phenoxy) is 2. The molecule has 1 aromatic carbocycles. The van der Waals surface area contributed by atoms with Crippen LogP contribution in [0.2, 0.25) is 0 Å². The van der Waals surface area contributed by atoms with Crippen LogP contribution in [-0.2, 0) is 0 Å². The normalized spacial score (nSPS) is 13.7. The van der Waals surface area contributed by atoms with Crippen molar-refractivity contribution >= 4 is 17.3 Å². The van der Waals surface area contributed by atoms with Crippen LogP contribution in [0.15, 0.2) is 36.5 Å². The number of methoxy groups -OCH3 is 2. The smallest absolute Gasteiger partial charge is 0.272 e. The maximum atomic E-state index is 12.4. The number of pyridine rings is 1. The molecule has 3 rings (SSSR count). The molecule has 0 radical (unpaired) electrons. The lowest BCUT2D eigenvalue weighted by Crippen LogP contribution is -2.28. The highest BCUT2D eigenvalue weighted by Gasteiger charge is 2.20. The van der Waals surface area contributed by atoms with Crippen molar-refractivity contribution in [1.29, 1.82) is 0 Å². The van der Waals surface area contributed by atoms with E-state index in [0.29, 0.717) is 17.2 Å². The molecule has 0 spiro atoms. The Balaban J connectivity index is 1.78. The number of aromatic nitrogens is 1. The van der Waals surface area contributed by atoms with E-state index in [0.717, 1.165) is 37.3 Å². The number of hydrogen-bond acceptors (Lipinski definition) is 5. The first-order valence-electron chi connectivity index (χ1n) is 7.95. The van der Waals surface area contributed by atoms with Gasteiger partial charge >= 0.3 is 0 Å². The largest absolute Gasteiger partial charge is 0.493 e. The van der Waals surface area contributed by atoms with Crippen LogP contribution in [0.25, 0.3) is 0 Å². The number of amides is 1. The molecule has 0 unspecified atom stereocenters. The zero-order valence-electron chi connectivity index (χ0n) is 13.9. The zero-order chi connectivity index (χ0) is 16.9. The molecule has 0 aliphatic carbocycles. The number of anilines is 2. The van der Waals surface area contributed by atoms with E-state index >= 15 is 0 Å². The molecule has 0 bridgehead atoms. The molecule has 1 aliphatic rings. The summed E-state index contributed by atoms with van der Waals surface area (Å²) in [5.41, 5.74) is 2.11. The molecule has 6 nitrogen and oxygen atoms in total. The minimum absolute atomic E-state index is 0.0107. The molecular formula is C18H21N3O3. The molecule has 2 heterocycles. The first kappa shape index (κ1) is 16.1. The maximum absolute atomic E-state index is 12.4. The van der Waals surface area contributed by atoms with E-state index in [9.17, 15) is 4.79 Å². The summed E-state index contributed by atoms with van der Waals surface area (Å²) in [6.07, 6.45) is 3.77. The molecule has 0 saturated carbocycles. The van der Waals surface area contributed by atoms with Gasteiger partial charge in [-0.05, 0) is 37.1 Å². The maximum Gasteiger partial charge on any atom is 0.272 e. The van der Waals surface area contributed by atoms with Gasteiger partial charge in [-0.1, -0.05) is 0 Å². The molecule has 126 valence electrons. The Morgan fingerprint density at radius 3 is 2.46 bits per heavy atom. The Labute approximate surface area is 141 Å². The van der Waals surface area contributed by atoms with Crippen molar-refractivity contribution < 1.29 is 14.3 Å². The molecule has 0 atom stereocenters. The number of rotatable bonds is 5. The highest BCUT2D eigenvalue weighted by molar-refractivity contribution is 5.93. The van der Waals surface area contributed by atoms with Crippen molar-refractivity contribution in [2.45, 2.75) is 12.8 Å². The topological polar surface area (TPSA) is 63.7 Å². The molecule has 1 aliphatic heterocycles. The Kier molecular flexibility index (Phi) is 4.84. The van der Waals surface area contributed by atoms with Crippen LogP contribution < -0.4 is 14.8 Å². The number of likely N-dealkylation sites (tertiary alicyclic amines) is 1. The summed E-state index contributed by atoms with van der Waals surface area (Å²) in [5, 5.41) is 3.27. The summed E-state index contributed by atoms with van der Waals surface area (Å²) in [7, 11) is 3.20. The summed E-state index contributed by atoms with van der Waals surface area (Å²) < 4.78 is 10.5. The third-order valence-electron chi connectivity index (χ3n) is 4.04. The quantitative estimate of drug-likeness (QED) is 0.914. The fourth-order valence-electron chi connectivity index (χ4n) is 2.79. The second-order valence-electron chi connectivity index (χ2n) is 5.62. The van der Waals surface area contributed by atoms with E-state index in [1.807, 2.05) is 29.2 Å². The fourth-order valence-corrected chi connectivity index (χ4v) is 2.79. The van der Waals surface area contributed by atoms with Crippen LogP contribution in [0.4, 0.5) is 11.4 Å². The SMILES string of the molecule is COc1ccc(Nc2ccnc(C(=O)N3CCCC3)c2)cc1OC. The Morgan fingerprint density at radius 1 is 1.04 bits per heavy atom. The Bertz CT molecular complexity index is 727. The van der Waals surface area contributed by atoms with E-state index in [2.05, 4.69) is 10.3 Å². The molecule has 1 amide bonds. The van der Waals surface area contributed by atoms with Crippen molar-refractivity contribution in [3.8, 4) is 11.5 Å². The van der Waals surface area contributed by atoms with Gasteiger partial charge in [0.1, 0.15) is 5.69 Å². The van der Waals surface area contributed by atoms with Gasteiger partial charge in [-0.15, -0.1) is 0 Å². The molecule has 6 heteroatoms. The molecule has 1 N–H and O–H groups in total. The van der Waals surface area contributed by atoms with Gasteiger partial charge in [0.05, 0.1) is 14.2 Å². The number of carbonyl (C=O) groups excluding carboxylic acids is 1. The number of carbonyl (C=O) groups is 1. The summed E-state index contributed by atoms with van der Waals surface area (Å²) in [6.45, 7) is 1.63. The van der Waals surface area contributed by atoms with Crippen molar-refractivity contribution in [1.82, 2.24) is 9.88 Å². The number of nitrogens with zero attached hydrogens (tertiary/aromatic N) is 2. The Hall–Kier alpha value is -2.76. The van der Waals surface area contributed by atoms with Crippen LogP contribution >= 0.6 is 0 Å². The van der Waals surface area contributed by atoms with E-state index in [4.69, 9.17) is 9.47 Å². The zero-order valence-corrected chi connectivity index (χ0v) is 13.9. The van der Waals surface area contributed by atoms with Crippen LogP contribution in [0, 0.1) is 0 Å². The van der Waals surface area contributed by atoms with E-state index in [1.54, 1.807) is 26.5 Å². The average molecular weight is 327 g/mol. The van der Waals surface area contributed by atoms with Crippen molar-refractivity contribution in [2.75, 3.05) is 32.6 Å². The molecule has 24 heavy (non-hydrogen) atoms. The average Bonchev–Trinajstić information content (AvgIpc) is 3.16. The van der Waals surface area contributed by atoms with Crippen LogP contribution in [-0.4, -0.2) is 43.1 Å². The minimum Gasteiger partial charge on any atom is -0.493 e. The first-order chi connectivity index (χ1) is 11.7. The molecule has 2 aromatic rings. The van der Waals surface area contributed by atoms with Gasteiger partial charge in [0.25, 0.3) is 5.91 Å². The highest BCUT2D eigenvalue weighted by Crippen LogP contribution is 2.31. The Morgan fingerprint density at radius 2 is 1.75 bits per heavy atom. The van der Waals surface area contributed by atoms with Crippen LogP contribution in [0.3, 0.4) is 0 Å². The van der Waals surface area contributed by atoms with Gasteiger partial charge in [-0.2, -0.15) is 0 Å². The molecular weight excluding hydrogens is 306 g/mol. The van der Waals surface area contributed by atoms with Gasteiger partial charge < -0.3 is 19.7 Å². The summed E-state index contributed by atoms with van der Waals surface area (Å²) in [4.78, 5) is 18.5. The third-order valence-corrected chi connectivity index (χ3v) is 4.04. The van der Waals surface area contributed by atoms with E-state index < -0.39 is 0 Å². The lowest BCUT2D eigenvalue weighted by Gasteiger charge is -2.15. The third kappa shape index (κ3) is 3.42. The second-order valence-corrected chi connectivity index (χ2v) is 5.62. The van der Waals surface area contributed by atoms with Crippen molar-refractivity contribution in [2.24, 2.45) is 0 Å². The first-order valence-corrected chi connectivity index (χ1v) is 7.95. The van der Waals surface area contributed by atoms with E-state index in [1.165, 1.54) is 0 Å². The predicted molar refractivity (Wildman–Crippen MR) is 92.2 cm³/mol. The molecule has 1 fully saturated rings. The van der Waals surface area contributed by atoms with Gasteiger partial charge in [-0.3, -0.25) is 9.78 Å². The fraction of sp³-hybridized carbons (Fsp3) is 0.333. The van der Waals surface area contributed by atoms with Gasteiger partial charge in [0.2, 0.25) is 0 Å². The van der Waals surface area contributed by atoms with Crippen molar-refractivity contribution in [3.63, 3.8) is 0 Å². The number of hydrogen-bond donors (Lipinski definition) is 1. The molecule has 1 aromatic heterocycles. The summed E-state index contributed by atoms with van der Waals surface area (Å²) in [5.74, 6) is 1.30. The van der Waals surface area contributed by atoms with Gasteiger partial charge in [0, 0.05) is 36.7 Å². The molecule has 1 saturated heterocycles. The van der Waals surface area contributed by atoms with Crippen LogP contribution in [0.1, 0.15) is 23.3 Å². The van der Waals surface area contributed by atoms with Crippen LogP contribution in [0.5, 0.6) is 11.5 Å². The number of nitrogens with one attached hydrogen (secondary N) is 1. The van der Waals surface area contributed by atoms with Crippen molar-refractivity contribution in [3.05, 3.63) is 42.2 Å². The monoisotopic (exact) mass is 327 g/mol. The predicted octanol–water partition coefficient (Wildman–Crippen LogP) is 3.08. The second kappa shape index (κ2) is 7.21. The van der Waals surface area contributed by atoms with E-state index in [-0.39, 0.29) is 5.91 Å². The number of benzene rings is 1. The minimum atomic E-state index is -0.0107. The standard InChI is InChI=1S/C18H21N3O3/c1-23-16-6-5-13(12-17(16)24-2)20-14-7-8-19-15(11-14)18(22)21-9-3-4-10-21/h5-8,11-12H,3-4,9-10H2,1-2H3,(H,19,20). The highest BCUT2D eigenvalue weighted by atomic mass is 16.5. The van der Waals surface area contributed by atoms with Gasteiger partial charge in [-0.25, -0.2) is 0 Å².